The lowest BCUT2D eigenvalue weighted by Gasteiger charge is -1.86. The molecule has 0 N–H and O–H groups in total. The van der Waals surface area contributed by atoms with E-state index in [-0.39, 0.29) is 10.9 Å². The van der Waals surface area contributed by atoms with E-state index in [0.717, 1.165) is 11.8 Å². The molecule has 0 amide bonds. The zero-order valence-electron chi connectivity index (χ0n) is 11.6. The molecule has 0 radical (unpaired) electrons. The zero-order chi connectivity index (χ0) is 13.3. The molecule has 0 aromatic carbocycles. The highest BCUT2D eigenvalue weighted by Crippen LogP contribution is 1.99. The molecule has 0 rings (SSSR count). The van der Waals surface area contributed by atoms with E-state index >= 15 is 0 Å². The van der Waals surface area contributed by atoms with Crippen LogP contribution in [0.1, 0.15) is 61.8 Å². The van der Waals surface area contributed by atoms with Gasteiger partial charge in [0, 0.05) is 6.92 Å². The highest BCUT2D eigenvalue weighted by molar-refractivity contribution is 8.14. The minimum absolute atomic E-state index is 0.000185. The Labute approximate surface area is 100 Å². The van der Waals surface area contributed by atoms with Crippen molar-refractivity contribution in [1.29, 1.82) is 0 Å². The SMILES string of the molecule is CC.CC.CC(=O)CSC(C)=O.CCC. The number of ketones is 1. The van der Waals surface area contributed by atoms with Crippen molar-refractivity contribution in [2.75, 3.05) is 5.75 Å². The molecule has 15 heavy (non-hydrogen) atoms. The number of carbonyl (C=O) groups is 2. The number of Topliss-reactive ketones (excluding diaryl/α,β-unsaturated/α-hetero) is 1. The van der Waals surface area contributed by atoms with Gasteiger partial charge in [0.05, 0.1) is 5.75 Å². The van der Waals surface area contributed by atoms with Crippen LogP contribution in [0, 0.1) is 0 Å². The van der Waals surface area contributed by atoms with E-state index in [0.29, 0.717) is 5.75 Å². The average molecular weight is 236 g/mol. The first-order chi connectivity index (χ1) is 7.04. The minimum Gasteiger partial charge on any atom is -0.299 e. The molecule has 94 valence electrons. The van der Waals surface area contributed by atoms with Crippen molar-refractivity contribution in [2.45, 2.75) is 61.8 Å². The van der Waals surface area contributed by atoms with Crippen LogP contribution in [0.2, 0.25) is 0 Å². The van der Waals surface area contributed by atoms with Crippen LogP contribution in [-0.4, -0.2) is 16.7 Å². The van der Waals surface area contributed by atoms with E-state index in [9.17, 15) is 9.59 Å². The molecule has 0 heterocycles. The quantitative estimate of drug-likeness (QED) is 0.716. The molecule has 0 fully saturated rings. The Morgan fingerprint density at radius 1 is 0.933 bits per heavy atom. The second-order valence-electron chi connectivity index (χ2n) is 2.19. The molecule has 0 saturated heterocycles. The Hall–Kier alpha value is -0.310. The summed E-state index contributed by atoms with van der Waals surface area (Å²) in [5.74, 6) is 0.361. The summed E-state index contributed by atoms with van der Waals surface area (Å²) in [4.78, 5) is 20.3. The fourth-order valence-corrected chi connectivity index (χ4v) is 0.610. The van der Waals surface area contributed by atoms with Crippen molar-refractivity contribution in [3.8, 4) is 0 Å². The van der Waals surface area contributed by atoms with Crippen molar-refractivity contribution < 1.29 is 9.59 Å². The molecule has 0 saturated carbocycles. The predicted octanol–water partition coefficient (Wildman–Crippen LogP) is 4.32. The van der Waals surface area contributed by atoms with Gasteiger partial charge in [-0.2, -0.15) is 0 Å². The molecule has 0 aliphatic carbocycles. The van der Waals surface area contributed by atoms with Gasteiger partial charge in [0.1, 0.15) is 5.78 Å². The normalized spacial score (nSPS) is 6.67. The van der Waals surface area contributed by atoms with Gasteiger partial charge in [-0.05, 0) is 6.92 Å². The van der Waals surface area contributed by atoms with Crippen molar-refractivity contribution >= 4 is 22.7 Å². The first-order valence-corrected chi connectivity index (χ1v) is 6.65. The van der Waals surface area contributed by atoms with E-state index < -0.39 is 0 Å². The smallest absolute Gasteiger partial charge is 0.186 e. The molecule has 0 spiro atoms. The molecule has 0 aliphatic heterocycles. The van der Waals surface area contributed by atoms with Gasteiger partial charge >= 0.3 is 0 Å². The topological polar surface area (TPSA) is 34.1 Å². The molecule has 0 unspecified atom stereocenters. The summed E-state index contributed by atoms with van der Waals surface area (Å²) in [6.45, 7) is 15.2. The van der Waals surface area contributed by atoms with Crippen LogP contribution in [0.25, 0.3) is 0 Å². The van der Waals surface area contributed by atoms with Gasteiger partial charge < -0.3 is 0 Å². The third-order valence-corrected chi connectivity index (χ3v) is 1.44. The molecule has 2 nitrogen and oxygen atoms in total. The highest BCUT2D eigenvalue weighted by atomic mass is 32.2. The molecular formula is C12H28O2S. The van der Waals surface area contributed by atoms with Gasteiger partial charge in [-0.25, -0.2) is 0 Å². The lowest BCUT2D eigenvalue weighted by molar-refractivity contribution is -0.115. The van der Waals surface area contributed by atoms with Gasteiger partial charge in [-0.15, -0.1) is 0 Å². The highest BCUT2D eigenvalue weighted by Gasteiger charge is 1.95. The summed E-state index contributed by atoms with van der Waals surface area (Å²) in [5, 5.41) is 0.000185. The lowest BCUT2D eigenvalue weighted by atomic mass is 10.5. The summed E-state index contributed by atoms with van der Waals surface area (Å²) in [7, 11) is 0. The second kappa shape index (κ2) is 29.2. The fraction of sp³-hybridized carbons (Fsp3) is 0.833. The Bertz CT molecular complexity index is 109. The third-order valence-electron chi connectivity index (χ3n) is 0.479. The molecule has 0 bridgehead atoms. The largest absolute Gasteiger partial charge is 0.299 e. The van der Waals surface area contributed by atoms with Gasteiger partial charge in [0.25, 0.3) is 0 Å². The van der Waals surface area contributed by atoms with Crippen molar-refractivity contribution in [3.05, 3.63) is 0 Å². The molecule has 0 aromatic rings. The maximum Gasteiger partial charge on any atom is 0.186 e. The maximum absolute atomic E-state index is 10.2. The second-order valence-corrected chi connectivity index (χ2v) is 3.34. The van der Waals surface area contributed by atoms with Gasteiger partial charge in [0.2, 0.25) is 0 Å². The summed E-state index contributed by atoms with van der Waals surface area (Å²) in [6, 6.07) is 0. The molecular weight excluding hydrogens is 208 g/mol. The number of thioether (sulfide) groups is 1. The van der Waals surface area contributed by atoms with Gasteiger partial charge in [0.15, 0.2) is 5.12 Å². The van der Waals surface area contributed by atoms with E-state index in [1.807, 2.05) is 27.7 Å². The monoisotopic (exact) mass is 236 g/mol. The van der Waals surface area contributed by atoms with Gasteiger partial charge in [-0.3, -0.25) is 9.59 Å². The Balaban J connectivity index is -0.0000000726. The number of hydrogen-bond donors (Lipinski definition) is 0. The van der Waals surface area contributed by atoms with E-state index in [4.69, 9.17) is 0 Å². The van der Waals surface area contributed by atoms with Crippen molar-refractivity contribution in [3.63, 3.8) is 0 Å². The lowest BCUT2D eigenvalue weighted by Crippen LogP contribution is -1.95. The number of carbonyl (C=O) groups excluding carboxylic acids is 2. The van der Waals surface area contributed by atoms with Crippen LogP contribution >= 0.6 is 11.8 Å². The summed E-state index contributed by atoms with van der Waals surface area (Å²) < 4.78 is 0. The van der Waals surface area contributed by atoms with Crippen molar-refractivity contribution in [1.82, 2.24) is 0 Å². The average Bonchev–Trinajstić information content (AvgIpc) is 2.22. The van der Waals surface area contributed by atoms with Crippen LogP contribution < -0.4 is 0 Å². The summed E-state index contributed by atoms with van der Waals surface area (Å²) in [5.41, 5.74) is 0. The zero-order valence-corrected chi connectivity index (χ0v) is 12.5. The summed E-state index contributed by atoms with van der Waals surface area (Å²) in [6.07, 6.45) is 1.25. The number of rotatable bonds is 2. The first-order valence-electron chi connectivity index (χ1n) is 5.67. The number of hydrogen-bond acceptors (Lipinski definition) is 3. The maximum atomic E-state index is 10.2. The molecule has 0 aliphatic rings. The van der Waals surface area contributed by atoms with Crippen LogP contribution in [0.4, 0.5) is 0 Å². The molecule has 0 aromatic heterocycles. The van der Waals surface area contributed by atoms with E-state index in [1.165, 1.54) is 20.3 Å². The Morgan fingerprint density at radius 2 is 1.20 bits per heavy atom. The van der Waals surface area contributed by atoms with Crippen LogP contribution in [0.15, 0.2) is 0 Å². The Kier molecular flexibility index (Phi) is 46.9. The standard InChI is InChI=1S/C5H8O2S.C3H8.2C2H6/c1-4(6)3-8-5(2)7;1-3-2;2*1-2/h3H2,1-2H3;3H2,1-2H3;2*1-2H3. The van der Waals surface area contributed by atoms with E-state index in [1.54, 1.807) is 0 Å². The minimum atomic E-state index is 0.000185. The van der Waals surface area contributed by atoms with Crippen LogP contribution in [0.3, 0.4) is 0 Å². The predicted molar refractivity (Wildman–Crippen MR) is 72.5 cm³/mol. The van der Waals surface area contributed by atoms with Crippen LogP contribution in [0.5, 0.6) is 0 Å². The van der Waals surface area contributed by atoms with Crippen molar-refractivity contribution in [2.24, 2.45) is 0 Å². The van der Waals surface area contributed by atoms with Gasteiger partial charge in [-0.1, -0.05) is 59.7 Å². The summed E-state index contributed by atoms with van der Waals surface area (Å²) >= 11 is 1.05. The first kappa shape index (κ1) is 24.1. The molecule has 0 atom stereocenters. The fourth-order valence-electron chi connectivity index (χ4n) is 0.203. The van der Waals surface area contributed by atoms with Crippen LogP contribution in [-0.2, 0) is 9.59 Å². The Morgan fingerprint density at radius 3 is 1.27 bits per heavy atom. The van der Waals surface area contributed by atoms with E-state index in [2.05, 4.69) is 13.8 Å². The molecule has 3 heteroatoms. The third kappa shape index (κ3) is 85.1.